The van der Waals surface area contributed by atoms with Crippen LogP contribution < -0.4 is 5.32 Å². The lowest BCUT2D eigenvalue weighted by molar-refractivity contribution is -0.142. The van der Waals surface area contributed by atoms with Crippen molar-refractivity contribution in [1.82, 2.24) is 10.2 Å². The molecule has 2 N–H and O–H groups in total. The standard InChI is InChI=1S/C20H34N2O4/c1-14-2-8-17(9-3-14)26-18-10-12-22(13-11-18)20(25)21-16-6-4-15(5-7-16)19(23)24/h14-18H,2-13H2,1H3,(H,21,25)(H,23,24). The fraction of sp³-hybridized carbons (Fsp3) is 0.900. The van der Waals surface area contributed by atoms with Gasteiger partial charge in [-0.15, -0.1) is 0 Å². The van der Waals surface area contributed by atoms with E-state index in [2.05, 4.69) is 12.2 Å². The van der Waals surface area contributed by atoms with E-state index in [-0.39, 0.29) is 18.0 Å². The molecule has 6 nitrogen and oxygen atoms in total. The molecule has 148 valence electrons. The first-order chi connectivity index (χ1) is 12.5. The predicted molar refractivity (Wildman–Crippen MR) is 99.0 cm³/mol. The molecule has 0 bridgehead atoms. The number of amides is 2. The number of nitrogens with one attached hydrogen (secondary N) is 1. The molecule has 0 spiro atoms. The maximum absolute atomic E-state index is 12.5. The number of hydrogen-bond acceptors (Lipinski definition) is 3. The van der Waals surface area contributed by atoms with Crippen LogP contribution in [-0.4, -0.2) is 53.3 Å². The highest BCUT2D eigenvalue weighted by atomic mass is 16.5. The molecule has 0 aromatic carbocycles. The molecule has 1 aliphatic heterocycles. The van der Waals surface area contributed by atoms with Gasteiger partial charge in [-0.05, 0) is 70.1 Å². The summed E-state index contributed by atoms with van der Waals surface area (Å²) in [5.74, 6) is -0.103. The molecule has 26 heavy (non-hydrogen) atoms. The van der Waals surface area contributed by atoms with Gasteiger partial charge in [0, 0.05) is 19.1 Å². The number of carbonyl (C=O) groups excluding carboxylic acids is 1. The van der Waals surface area contributed by atoms with Crippen molar-refractivity contribution < 1.29 is 19.4 Å². The minimum absolute atomic E-state index is 0.00807. The van der Waals surface area contributed by atoms with Gasteiger partial charge in [0.2, 0.25) is 0 Å². The Morgan fingerprint density at radius 1 is 0.885 bits per heavy atom. The van der Waals surface area contributed by atoms with Gasteiger partial charge < -0.3 is 20.1 Å². The van der Waals surface area contributed by atoms with Gasteiger partial charge in [-0.3, -0.25) is 4.79 Å². The Balaban J connectivity index is 1.34. The van der Waals surface area contributed by atoms with Crippen molar-refractivity contribution in [2.24, 2.45) is 11.8 Å². The molecule has 3 rings (SSSR count). The van der Waals surface area contributed by atoms with Crippen LogP contribution in [0.2, 0.25) is 0 Å². The number of carbonyl (C=O) groups is 2. The van der Waals surface area contributed by atoms with E-state index < -0.39 is 5.97 Å². The average molecular weight is 367 g/mol. The molecular formula is C20H34N2O4. The third kappa shape index (κ3) is 5.35. The van der Waals surface area contributed by atoms with Crippen molar-refractivity contribution in [2.45, 2.75) is 89.4 Å². The van der Waals surface area contributed by atoms with Crippen LogP contribution in [-0.2, 0) is 9.53 Å². The third-order valence-corrected chi connectivity index (χ3v) is 6.48. The summed E-state index contributed by atoms with van der Waals surface area (Å²) in [6.45, 7) is 3.83. The van der Waals surface area contributed by atoms with E-state index in [1.165, 1.54) is 25.7 Å². The summed E-state index contributed by atoms with van der Waals surface area (Å²) >= 11 is 0. The summed E-state index contributed by atoms with van der Waals surface area (Å²) in [5, 5.41) is 12.2. The third-order valence-electron chi connectivity index (χ3n) is 6.48. The molecule has 2 amide bonds. The highest BCUT2D eigenvalue weighted by Crippen LogP contribution is 2.28. The number of ether oxygens (including phenoxy) is 1. The van der Waals surface area contributed by atoms with Crippen LogP contribution in [0.15, 0.2) is 0 Å². The van der Waals surface area contributed by atoms with Crippen LogP contribution in [0.5, 0.6) is 0 Å². The summed E-state index contributed by atoms with van der Waals surface area (Å²) in [6.07, 6.45) is 10.3. The van der Waals surface area contributed by atoms with Crippen LogP contribution in [0, 0.1) is 11.8 Å². The van der Waals surface area contributed by atoms with Gasteiger partial charge in [0.25, 0.3) is 0 Å². The molecule has 6 heteroatoms. The Morgan fingerprint density at radius 2 is 1.46 bits per heavy atom. The molecule has 0 aromatic rings. The summed E-state index contributed by atoms with van der Waals surface area (Å²) in [5.41, 5.74) is 0. The minimum Gasteiger partial charge on any atom is -0.481 e. The molecule has 3 aliphatic rings. The monoisotopic (exact) mass is 366 g/mol. The quantitative estimate of drug-likeness (QED) is 0.799. The number of rotatable bonds is 4. The summed E-state index contributed by atoms with van der Waals surface area (Å²) in [4.78, 5) is 25.4. The van der Waals surface area contributed by atoms with E-state index in [4.69, 9.17) is 9.84 Å². The fourth-order valence-corrected chi connectivity index (χ4v) is 4.58. The maximum Gasteiger partial charge on any atom is 0.317 e. The van der Waals surface area contributed by atoms with E-state index in [0.717, 1.165) is 44.7 Å². The van der Waals surface area contributed by atoms with E-state index in [0.29, 0.717) is 25.0 Å². The number of carboxylic acids is 1. The zero-order valence-corrected chi connectivity index (χ0v) is 16.0. The molecular weight excluding hydrogens is 332 g/mol. The molecule has 2 aliphatic carbocycles. The molecule has 2 saturated carbocycles. The smallest absolute Gasteiger partial charge is 0.317 e. The second kappa shape index (κ2) is 9.07. The summed E-state index contributed by atoms with van der Waals surface area (Å²) < 4.78 is 6.28. The first-order valence-corrected chi connectivity index (χ1v) is 10.4. The van der Waals surface area contributed by atoms with Gasteiger partial charge in [0.15, 0.2) is 0 Å². The lowest BCUT2D eigenvalue weighted by atomic mass is 9.86. The van der Waals surface area contributed by atoms with Crippen molar-refractivity contribution in [2.75, 3.05) is 13.1 Å². The van der Waals surface area contributed by atoms with Gasteiger partial charge >= 0.3 is 12.0 Å². The summed E-state index contributed by atoms with van der Waals surface area (Å²) in [6, 6.07) is 0.130. The first kappa shape index (κ1) is 19.5. The molecule has 0 unspecified atom stereocenters. The lowest BCUT2D eigenvalue weighted by Crippen LogP contribution is -2.50. The Kier molecular flexibility index (Phi) is 6.79. The second-order valence-corrected chi connectivity index (χ2v) is 8.54. The number of aliphatic carboxylic acids is 1. The Morgan fingerprint density at radius 3 is 2.04 bits per heavy atom. The highest BCUT2D eigenvalue weighted by molar-refractivity contribution is 5.74. The lowest BCUT2D eigenvalue weighted by Gasteiger charge is -2.36. The zero-order chi connectivity index (χ0) is 18.5. The number of urea groups is 1. The number of hydrogen-bond donors (Lipinski definition) is 2. The number of piperidine rings is 1. The molecule has 0 radical (unpaired) electrons. The van der Waals surface area contributed by atoms with Gasteiger partial charge in [-0.25, -0.2) is 4.79 Å². The van der Waals surface area contributed by atoms with Gasteiger partial charge in [0.05, 0.1) is 18.1 Å². The Hall–Kier alpha value is -1.30. The van der Waals surface area contributed by atoms with Crippen molar-refractivity contribution in [3.05, 3.63) is 0 Å². The number of carboxylic acid groups (broad SMARTS) is 1. The molecule has 3 fully saturated rings. The van der Waals surface area contributed by atoms with Crippen molar-refractivity contribution in [3.63, 3.8) is 0 Å². The van der Waals surface area contributed by atoms with Gasteiger partial charge in [-0.1, -0.05) is 6.92 Å². The second-order valence-electron chi connectivity index (χ2n) is 8.54. The van der Waals surface area contributed by atoms with Gasteiger partial charge in [0.1, 0.15) is 0 Å². The van der Waals surface area contributed by atoms with E-state index in [1.807, 2.05) is 4.90 Å². The van der Waals surface area contributed by atoms with Crippen molar-refractivity contribution >= 4 is 12.0 Å². The topological polar surface area (TPSA) is 78.9 Å². The van der Waals surface area contributed by atoms with E-state index >= 15 is 0 Å². The number of likely N-dealkylation sites (tertiary alicyclic amines) is 1. The predicted octanol–water partition coefficient (Wildman–Crippen LogP) is 3.40. The zero-order valence-electron chi connectivity index (χ0n) is 16.0. The molecule has 1 saturated heterocycles. The van der Waals surface area contributed by atoms with Crippen molar-refractivity contribution in [3.8, 4) is 0 Å². The van der Waals surface area contributed by atoms with Crippen LogP contribution in [0.1, 0.15) is 71.1 Å². The van der Waals surface area contributed by atoms with E-state index in [9.17, 15) is 9.59 Å². The van der Waals surface area contributed by atoms with Gasteiger partial charge in [-0.2, -0.15) is 0 Å². The maximum atomic E-state index is 12.5. The molecule has 0 atom stereocenters. The van der Waals surface area contributed by atoms with Crippen LogP contribution in [0.25, 0.3) is 0 Å². The van der Waals surface area contributed by atoms with Crippen LogP contribution in [0.3, 0.4) is 0 Å². The highest BCUT2D eigenvalue weighted by Gasteiger charge is 2.30. The minimum atomic E-state index is -0.704. The SMILES string of the molecule is CC1CCC(OC2CCN(C(=O)NC3CCC(C(=O)O)CC3)CC2)CC1. The first-order valence-electron chi connectivity index (χ1n) is 10.4. The molecule has 1 heterocycles. The Labute approximate surface area is 156 Å². The normalized spacial score (nSPS) is 33.7. The molecule has 0 aromatic heterocycles. The van der Waals surface area contributed by atoms with Crippen molar-refractivity contribution in [1.29, 1.82) is 0 Å². The fourth-order valence-electron chi connectivity index (χ4n) is 4.58. The van der Waals surface area contributed by atoms with E-state index in [1.54, 1.807) is 0 Å². The summed E-state index contributed by atoms with van der Waals surface area (Å²) in [7, 11) is 0. The largest absolute Gasteiger partial charge is 0.481 e. The van der Waals surface area contributed by atoms with Crippen LogP contribution in [0.4, 0.5) is 4.79 Å². The number of nitrogens with zero attached hydrogens (tertiary/aromatic N) is 1. The van der Waals surface area contributed by atoms with Crippen LogP contribution >= 0.6 is 0 Å². The average Bonchev–Trinajstić information content (AvgIpc) is 2.64. The Bertz CT molecular complexity index is 474.